The zero-order valence-corrected chi connectivity index (χ0v) is 14.1. The van der Waals surface area contributed by atoms with Gasteiger partial charge in [-0.1, -0.05) is 52.3 Å². The Morgan fingerprint density at radius 1 is 0.762 bits per heavy atom. The van der Waals surface area contributed by atoms with Crippen LogP contribution in [0.4, 0.5) is 0 Å². The molecule has 3 heteroatoms. The molecular weight excluding hydrogens is 392 g/mol. The minimum atomic E-state index is 0.869. The predicted molar refractivity (Wildman–Crippen MR) is 94.6 cm³/mol. The van der Waals surface area contributed by atoms with Crippen molar-refractivity contribution in [2.75, 3.05) is 0 Å². The van der Waals surface area contributed by atoms with E-state index in [2.05, 4.69) is 68.3 Å². The number of halogens is 2. The molecule has 0 radical (unpaired) electrons. The third kappa shape index (κ3) is 2.12. The van der Waals surface area contributed by atoms with Gasteiger partial charge in [-0.05, 0) is 51.0 Å². The van der Waals surface area contributed by atoms with E-state index in [1.54, 1.807) is 0 Å². The number of furan rings is 1. The van der Waals surface area contributed by atoms with E-state index in [0.717, 1.165) is 31.2 Å². The Kier molecular flexibility index (Phi) is 3.12. The molecule has 1 aromatic heterocycles. The fourth-order valence-electron chi connectivity index (χ4n) is 2.65. The van der Waals surface area contributed by atoms with Gasteiger partial charge in [-0.25, -0.2) is 0 Å². The molecular formula is C18H10Br2O. The van der Waals surface area contributed by atoms with E-state index < -0.39 is 0 Å². The summed E-state index contributed by atoms with van der Waals surface area (Å²) in [7, 11) is 0. The van der Waals surface area contributed by atoms with Crippen LogP contribution in [0.25, 0.3) is 33.1 Å². The Morgan fingerprint density at radius 3 is 2.29 bits per heavy atom. The fraction of sp³-hybridized carbons (Fsp3) is 0. The van der Waals surface area contributed by atoms with Crippen molar-refractivity contribution >= 4 is 53.6 Å². The lowest BCUT2D eigenvalue weighted by atomic mass is 10.0. The first-order valence-electron chi connectivity index (χ1n) is 6.60. The summed E-state index contributed by atoms with van der Waals surface area (Å²) in [4.78, 5) is 0. The average Bonchev–Trinajstić information content (AvgIpc) is 2.84. The predicted octanol–water partition coefficient (Wildman–Crippen LogP) is 6.78. The van der Waals surface area contributed by atoms with Gasteiger partial charge in [0.2, 0.25) is 0 Å². The van der Waals surface area contributed by atoms with Gasteiger partial charge in [0.1, 0.15) is 11.3 Å². The molecule has 0 spiro atoms. The monoisotopic (exact) mass is 400 g/mol. The molecule has 1 heterocycles. The van der Waals surface area contributed by atoms with Gasteiger partial charge >= 0.3 is 0 Å². The van der Waals surface area contributed by atoms with E-state index in [-0.39, 0.29) is 0 Å². The third-order valence-electron chi connectivity index (χ3n) is 3.61. The summed E-state index contributed by atoms with van der Waals surface area (Å²) < 4.78 is 8.13. The zero-order valence-electron chi connectivity index (χ0n) is 10.9. The SMILES string of the molecule is Brc1cc(-c2oc3ccccc3c2Br)c2ccccc2c1. The minimum Gasteiger partial charge on any atom is -0.455 e. The van der Waals surface area contributed by atoms with Gasteiger partial charge in [-0.15, -0.1) is 0 Å². The number of benzene rings is 3. The van der Waals surface area contributed by atoms with E-state index in [4.69, 9.17) is 4.42 Å². The smallest absolute Gasteiger partial charge is 0.150 e. The van der Waals surface area contributed by atoms with Crippen molar-refractivity contribution in [3.8, 4) is 11.3 Å². The van der Waals surface area contributed by atoms with Gasteiger partial charge in [0.05, 0.1) is 4.47 Å². The molecule has 0 fully saturated rings. The van der Waals surface area contributed by atoms with Crippen molar-refractivity contribution in [1.82, 2.24) is 0 Å². The molecule has 0 aliphatic carbocycles. The maximum Gasteiger partial charge on any atom is 0.150 e. The molecule has 1 nitrogen and oxygen atoms in total. The molecule has 0 N–H and O–H groups in total. The van der Waals surface area contributed by atoms with E-state index in [1.165, 1.54) is 10.8 Å². The van der Waals surface area contributed by atoms with Crippen LogP contribution in [0.5, 0.6) is 0 Å². The lowest BCUT2D eigenvalue weighted by Crippen LogP contribution is -1.81. The molecule has 0 aliphatic heterocycles. The lowest BCUT2D eigenvalue weighted by molar-refractivity contribution is 0.630. The summed E-state index contributed by atoms with van der Waals surface area (Å²) in [5, 5.41) is 3.46. The second kappa shape index (κ2) is 5.00. The summed E-state index contributed by atoms with van der Waals surface area (Å²) in [5.41, 5.74) is 1.98. The standard InChI is InChI=1S/C18H10Br2O/c19-12-9-11-5-1-2-6-13(11)15(10-12)18-17(20)14-7-3-4-8-16(14)21-18/h1-10H. The van der Waals surface area contributed by atoms with Crippen molar-refractivity contribution < 1.29 is 4.42 Å². The first-order chi connectivity index (χ1) is 10.2. The molecule has 3 aromatic carbocycles. The molecule has 0 amide bonds. The van der Waals surface area contributed by atoms with Crippen LogP contribution in [0.1, 0.15) is 0 Å². The average molecular weight is 402 g/mol. The van der Waals surface area contributed by atoms with E-state index in [0.29, 0.717) is 0 Å². The van der Waals surface area contributed by atoms with E-state index in [9.17, 15) is 0 Å². The molecule has 0 atom stereocenters. The van der Waals surface area contributed by atoms with Gasteiger partial charge in [0.25, 0.3) is 0 Å². The van der Waals surface area contributed by atoms with Crippen molar-refractivity contribution in [3.05, 3.63) is 69.6 Å². The zero-order chi connectivity index (χ0) is 14.4. The summed E-state index contributed by atoms with van der Waals surface area (Å²) in [6.45, 7) is 0. The minimum absolute atomic E-state index is 0.869. The van der Waals surface area contributed by atoms with Gasteiger partial charge in [-0.2, -0.15) is 0 Å². The van der Waals surface area contributed by atoms with E-state index >= 15 is 0 Å². The first kappa shape index (κ1) is 13.1. The van der Waals surface area contributed by atoms with Crippen molar-refractivity contribution in [1.29, 1.82) is 0 Å². The van der Waals surface area contributed by atoms with Crippen LogP contribution in [0, 0.1) is 0 Å². The van der Waals surface area contributed by atoms with E-state index in [1.807, 2.05) is 24.3 Å². The van der Waals surface area contributed by atoms with Crippen LogP contribution in [-0.4, -0.2) is 0 Å². The normalized spacial score (nSPS) is 11.3. The molecule has 4 aromatic rings. The quantitative estimate of drug-likeness (QED) is 0.342. The molecule has 21 heavy (non-hydrogen) atoms. The molecule has 0 saturated heterocycles. The first-order valence-corrected chi connectivity index (χ1v) is 8.18. The number of hydrogen-bond donors (Lipinski definition) is 0. The maximum atomic E-state index is 6.08. The van der Waals surface area contributed by atoms with Crippen LogP contribution in [0.3, 0.4) is 0 Å². The fourth-order valence-corrected chi connectivity index (χ4v) is 3.75. The van der Waals surface area contributed by atoms with Crippen LogP contribution >= 0.6 is 31.9 Å². The van der Waals surface area contributed by atoms with Crippen molar-refractivity contribution in [2.45, 2.75) is 0 Å². The highest BCUT2D eigenvalue weighted by atomic mass is 79.9. The second-order valence-electron chi connectivity index (χ2n) is 4.92. The third-order valence-corrected chi connectivity index (χ3v) is 4.85. The van der Waals surface area contributed by atoms with Gasteiger partial charge in [0.15, 0.2) is 0 Å². The molecule has 0 bridgehead atoms. The number of fused-ring (bicyclic) bond motifs is 2. The molecule has 102 valence electrons. The molecule has 0 saturated carbocycles. The Bertz CT molecular complexity index is 969. The van der Waals surface area contributed by atoms with Crippen molar-refractivity contribution in [2.24, 2.45) is 0 Å². The van der Waals surface area contributed by atoms with Crippen LogP contribution in [0.2, 0.25) is 0 Å². The summed E-state index contributed by atoms with van der Waals surface area (Å²) >= 11 is 7.28. The Balaban J connectivity index is 2.11. The summed E-state index contributed by atoms with van der Waals surface area (Å²) in [6, 6.07) is 20.6. The number of hydrogen-bond acceptors (Lipinski definition) is 1. The maximum absolute atomic E-state index is 6.08. The number of para-hydroxylation sites is 1. The molecule has 4 rings (SSSR count). The lowest BCUT2D eigenvalue weighted by Gasteiger charge is -2.06. The molecule has 0 aliphatic rings. The van der Waals surface area contributed by atoms with Crippen LogP contribution in [-0.2, 0) is 0 Å². The highest BCUT2D eigenvalue weighted by Gasteiger charge is 2.16. The number of rotatable bonds is 1. The Labute approximate surface area is 138 Å². The molecule has 0 unspecified atom stereocenters. The Hall–Kier alpha value is -1.58. The largest absolute Gasteiger partial charge is 0.455 e. The van der Waals surface area contributed by atoms with Gasteiger partial charge in [-0.3, -0.25) is 0 Å². The topological polar surface area (TPSA) is 13.1 Å². The summed E-state index contributed by atoms with van der Waals surface area (Å²) in [5.74, 6) is 0.869. The van der Waals surface area contributed by atoms with Gasteiger partial charge < -0.3 is 4.42 Å². The van der Waals surface area contributed by atoms with Crippen molar-refractivity contribution in [3.63, 3.8) is 0 Å². The Morgan fingerprint density at radius 2 is 1.48 bits per heavy atom. The highest BCUT2D eigenvalue weighted by molar-refractivity contribution is 9.11. The van der Waals surface area contributed by atoms with Crippen LogP contribution < -0.4 is 0 Å². The van der Waals surface area contributed by atoms with Gasteiger partial charge in [0, 0.05) is 15.4 Å². The summed E-state index contributed by atoms with van der Waals surface area (Å²) in [6.07, 6.45) is 0. The van der Waals surface area contributed by atoms with Crippen LogP contribution in [0.15, 0.2) is 74.0 Å². The highest BCUT2D eigenvalue weighted by Crippen LogP contribution is 2.41. The second-order valence-corrected chi connectivity index (χ2v) is 6.62.